The number of carboxylic acids is 1. The maximum atomic E-state index is 12.4. The van der Waals surface area contributed by atoms with Crippen LogP contribution >= 0.6 is 12.6 Å². The van der Waals surface area contributed by atoms with Crippen molar-refractivity contribution in [3.8, 4) is 0 Å². The zero-order chi connectivity index (χ0) is 14.7. The van der Waals surface area contributed by atoms with Gasteiger partial charge in [-0.2, -0.15) is 12.6 Å². The number of amides is 1. The second-order valence-corrected chi connectivity index (χ2v) is 5.07. The normalized spacial score (nSPS) is 19.8. The lowest BCUT2D eigenvalue weighted by atomic mass is 10.1. The van der Waals surface area contributed by atoms with Gasteiger partial charge in [-0.1, -0.05) is 6.92 Å². The summed E-state index contributed by atoms with van der Waals surface area (Å²) < 4.78 is 5.27. The number of nitrogens with zero attached hydrogens (tertiary/aromatic N) is 1. The molecular weight excluding hydrogens is 278 g/mol. The van der Waals surface area contributed by atoms with Crippen LogP contribution < -0.4 is 0 Å². The van der Waals surface area contributed by atoms with Gasteiger partial charge in [0.25, 0.3) is 0 Å². The predicted octanol–water partition coefficient (Wildman–Crippen LogP) is 1.91. The summed E-state index contributed by atoms with van der Waals surface area (Å²) in [6.45, 7) is 2.15. The maximum absolute atomic E-state index is 12.4. The van der Waals surface area contributed by atoms with Crippen LogP contribution in [0.5, 0.6) is 0 Å². The number of carboxylic acid groups (broad SMARTS) is 1. The highest BCUT2D eigenvalue weighted by molar-refractivity contribution is 7.80. The number of carbonyl (C=O) groups is 2. The summed E-state index contributed by atoms with van der Waals surface area (Å²) in [6, 6.07) is 2.56. The van der Waals surface area contributed by atoms with E-state index in [0.29, 0.717) is 17.9 Å². The summed E-state index contributed by atoms with van der Waals surface area (Å²) >= 11 is 4.16. The van der Waals surface area contributed by atoms with E-state index in [2.05, 4.69) is 12.6 Å². The van der Waals surface area contributed by atoms with Gasteiger partial charge in [0.15, 0.2) is 0 Å². The lowest BCUT2D eigenvalue weighted by molar-refractivity contribution is -0.148. The van der Waals surface area contributed by atoms with Crippen LogP contribution in [-0.4, -0.2) is 40.2 Å². The molecule has 0 fully saturated rings. The van der Waals surface area contributed by atoms with Gasteiger partial charge >= 0.3 is 5.97 Å². The Kier molecular flexibility index (Phi) is 4.54. The van der Waals surface area contributed by atoms with E-state index in [1.54, 1.807) is 18.2 Å². The van der Waals surface area contributed by atoms with E-state index in [9.17, 15) is 14.7 Å². The summed E-state index contributed by atoms with van der Waals surface area (Å²) in [5.41, 5.74) is 0.727. The molecule has 0 radical (unpaired) electrons. The average Bonchev–Trinajstić information content (AvgIpc) is 3.08. The lowest BCUT2D eigenvalue weighted by Crippen LogP contribution is -2.44. The van der Waals surface area contributed by atoms with Gasteiger partial charge in [0.2, 0.25) is 5.91 Å². The average molecular weight is 295 g/mol. The Morgan fingerprint density at radius 2 is 2.35 bits per heavy atom. The van der Waals surface area contributed by atoms with Crippen molar-refractivity contribution in [3.05, 3.63) is 30.2 Å². The Labute approximate surface area is 122 Å². The van der Waals surface area contributed by atoms with Crippen LogP contribution in [0.3, 0.4) is 0 Å². The fourth-order valence-corrected chi connectivity index (χ4v) is 2.69. The molecule has 0 bridgehead atoms. The summed E-state index contributed by atoms with van der Waals surface area (Å²) in [4.78, 5) is 25.1. The molecule has 0 saturated carbocycles. The molecule has 2 atom stereocenters. The van der Waals surface area contributed by atoms with Crippen LogP contribution in [0.1, 0.15) is 19.1 Å². The smallest absolute Gasteiger partial charge is 0.330 e. The molecule has 0 saturated heterocycles. The maximum Gasteiger partial charge on any atom is 0.330 e. The predicted molar refractivity (Wildman–Crippen MR) is 77.5 cm³/mol. The molecule has 108 valence electrons. The molecule has 2 rings (SSSR count). The van der Waals surface area contributed by atoms with E-state index < -0.39 is 12.0 Å². The van der Waals surface area contributed by atoms with Gasteiger partial charge in [-0.25, -0.2) is 4.79 Å². The SMILES string of the molecule is CC[C@H](CS)C(=O)N1CC(c2ccco2)=CC1C(=O)O. The van der Waals surface area contributed by atoms with Crippen molar-refractivity contribution in [2.45, 2.75) is 19.4 Å². The highest BCUT2D eigenvalue weighted by Crippen LogP contribution is 2.27. The molecule has 1 N–H and O–H groups in total. The molecule has 1 aromatic heterocycles. The van der Waals surface area contributed by atoms with E-state index >= 15 is 0 Å². The van der Waals surface area contributed by atoms with Gasteiger partial charge in [-0.05, 0) is 24.6 Å². The Balaban J connectivity index is 2.23. The summed E-state index contributed by atoms with van der Waals surface area (Å²) in [6.07, 6.45) is 3.74. The van der Waals surface area contributed by atoms with Crippen LogP contribution in [0.2, 0.25) is 0 Å². The Morgan fingerprint density at radius 3 is 2.85 bits per heavy atom. The van der Waals surface area contributed by atoms with E-state index in [1.807, 2.05) is 6.92 Å². The first kappa shape index (κ1) is 14.7. The third kappa shape index (κ3) is 2.75. The van der Waals surface area contributed by atoms with E-state index in [1.165, 1.54) is 11.2 Å². The van der Waals surface area contributed by atoms with Gasteiger partial charge in [0.1, 0.15) is 11.8 Å². The number of hydrogen-bond acceptors (Lipinski definition) is 4. The first-order valence-corrected chi connectivity index (χ1v) is 7.10. The van der Waals surface area contributed by atoms with Gasteiger partial charge in [-0.3, -0.25) is 4.79 Å². The minimum absolute atomic E-state index is 0.173. The number of aliphatic carboxylic acids is 1. The van der Waals surface area contributed by atoms with Crippen LogP contribution in [0, 0.1) is 5.92 Å². The number of furan rings is 1. The number of hydrogen-bond donors (Lipinski definition) is 2. The molecule has 5 nitrogen and oxygen atoms in total. The third-order valence-corrected chi connectivity index (χ3v) is 3.91. The van der Waals surface area contributed by atoms with Gasteiger partial charge in [-0.15, -0.1) is 0 Å². The second kappa shape index (κ2) is 6.17. The standard InChI is InChI=1S/C14H17NO4S/c1-2-9(8-20)13(16)15-7-10(6-11(15)14(17)18)12-4-3-5-19-12/h3-6,9,11,20H,2,7-8H2,1H3,(H,17,18)/t9-,11?/m1/s1. The first-order chi connectivity index (χ1) is 9.58. The van der Waals surface area contributed by atoms with Crippen molar-refractivity contribution in [1.82, 2.24) is 4.90 Å². The molecule has 0 aromatic carbocycles. The molecule has 20 heavy (non-hydrogen) atoms. The summed E-state index contributed by atoms with van der Waals surface area (Å²) in [5.74, 6) is -0.453. The van der Waals surface area contributed by atoms with Crippen molar-refractivity contribution < 1.29 is 19.1 Å². The molecule has 1 aromatic rings. The van der Waals surface area contributed by atoms with Gasteiger partial charge in [0.05, 0.1) is 12.8 Å². The van der Waals surface area contributed by atoms with Crippen molar-refractivity contribution in [3.63, 3.8) is 0 Å². The van der Waals surface area contributed by atoms with Crippen molar-refractivity contribution >= 4 is 30.1 Å². The molecule has 0 aliphatic carbocycles. The fraction of sp³-hybridized carbons (Fsp3) is 0.429. The first-order valence-electron chi connectivity index (χ1n) is 6.47. The topological polar surface area (TPSA) is 70.8 Å². The zero-order valence-corrected chi connectivity index (χ0v) is 12.0. The van der Waals surface area contributed by atoms with Gasteiger partial charge < -0.3 is 14.4 Å². The molecular formula is C14H17NO4S. The molecule has 1 aliphatic heterocycles. The molecule has 1 unspecified atom stereocenters. The van der Waals surface area contributed by atoms with Crippen LogP contribution in [-0.2, 0) is 9.59 Å². The van der Waals surface area contributed by atoms with Crippen LogP contribution in [0.25, 0.3) is 5.57 Å². The summed E-state index contributed by atoms with van der Waals surface area (Å²) in [7, 11) is 0. The van der Waals surface area contributed by atoms with Crippen molar-refractivity contribution in [2.75, 3.05) is 12.3 Å². The second-order valence-electron chi connectivity index (χ2n) is 4.71. The lowest BCUT2D eigenvalue weighted by Gasteiger charge is -2.25. The highest BCUT2D eigenvalue weighted by atomic mass is 32.1. The number of rotatable bonds is 5. The van der Waals surface area contributed by atoms with Crippen LogP contribution in [0.4, 0.5) is 0 Å². The third-order valence-electron chi connectivity index (χ3n) is 3.47. The minimum atomic E-state index is -1.03. The van der Waals surface area contributed by atoms with Crippen molar-refractivity contribution in [2.24, 2.45) is 5.92 Å². The monoisotopic (exact) mass is 295 g/mol. The van der Waals surface area contributed by atoms with Gasteiger partial charge in [0, 0.05) is 17.2 Å². The quantitative estimate of drug-likeness (QED) is 0.814. The molecule has 1 amide bonds. The summed E-state index contributed by atoms with van der Waals surface area (Å²) in [5, 5.41) is 9.29. The van der Waals surface area contributed by atoms with E-state index in [0.717, 1.165) is 5.57 Å². The molecule has 1 aliphatic rings. The minimum Gasteiger partial charge on any atom is -0.479 e. The fourth-order valence-electron chi connectivity index (χ4n) is 2.27. The molecule has 2 heterocycles. The molecule has 6 heteroatoms. The Hall–Kier alpha value is -1.69. The number of thiol groups is 1. The highest BCUT2D eigenvalue weighted by Gasteiger charge is 2.37. The Morgan fingerprint density at radius 1 is 1.60 bits per heavy atom. The Bertz CT molecular complexity index is 519. The van der Waals surface area contributed by atoms with Crippen molar-refractivity contribution in [1.29, 1.82) is 0 Å². The largest absolute Gasteiger partial charge is 0.479 e. The zero-order valence-electron chi connectivity index (χ0n) is 11.2. The van der Waals surface area contributed by atoms with Crippen LogP contribution in [0.15, 0.2) is 28.9 Å². The molecule has 0 spiro atoms. The number of carbonyl (C=O) groups excluding carboxylic acids is 1. The van der Waals surface area contributed by atoms with E-state index in [4.69, 9.17) is 4.42 Å². The van der Waals surface area contributed by atoms with E-state index in [-0.39, 0.29) is 18.4 Å².